The zero-order valence-corrected chi connectivity index (χ0v) is 17.5. The third kappa shape index (κ3) is 3.46. The minimum Gasteiger partial charge on any atom is -0.394 e. The lowest BCUT2D eigenvalue weighted by atomic mass is 9.97. The number of amides is 1. The van der Waals surface area contributed by atoms with E-state index in [0.29, 0.717) is 13.1 Å². The molecule has 0 spiro atoms. The summed E-state index contributed by atoms with van der Waals surface area (Å²) in [5, 5.41) is 8.24. The number of carbonyl (C=O) groups is 1. The second-order valence-electron chi connectivity index (χ2n) is 8.20. The molecule has 4 rings (SSSR count). The van der Waals surface area contributed by atoms with Crippen LogP contribution in [0.5, 0.6) is 0 Å². The van der Waals surface area contributed by atoms with E-state index in [9.17, 15) is 9.59 Å². The third-order valence-corrected chi connectivity index (χ3v) is 6.01. The smallest absolute Gasteiger partial charge is 0.275 e. The van der Waals surface area contributed by atoms with E-state index in [1.165, 1.54) is 5.56 Å². The fraction of sp³-hybridized carbons (Fsp3) is 0.455. The van der Waals surface area contributed by atoms with Gasteiger partial charge in [-0.05, 0) is 43.9 Å². The molecule has 0 radical (unpaired) electrons. The van der Waals surface area contributed by atoms with Gasteiger partial charge in [0, 0.05) is 24.3 Å². The van der Waals surface area contributed by atoms with Crippen molar-refractivity contribution in [3.63, 3.8) is 0 Å². The highest BCUT2D eigenvalue weighted by molar-refractivity contribution is 5.92. The molecule has 0 bridgehead atoms. The van der Waals surface area contributed by atoms with E-state index in [1.807, 2.05) is 19.2 Å². The second-order valence-corrected chi connectivity index (χ2v) is 8.20. The fourth-order valence-corrected chi connectivity index (χ4v) is 4.50. The summed E-state index contributed by atoms with van der Waals surface area (Å²) >= 11 is 0. The number of anilines is 1. The second kappa shape index (κ2) is 7.93. The molecule has 1 saturated carbocycles. The lowest BCUT2D eigenvalue weighted by Crippen LogP contribution is -2.38. The summed E-state index contributed by atoms with van der Waals surface area (Å²) < 4.78 is 3.92. The van der Waals surface area contributed by atoms with E-state index < -0.39 is 11.3 Å². The maximum atomic E-state index is 12.4. The summed E-state index contributed by atoms with van der Waals surface area (Å²) in [6.07, 6.45) is 10.4. The zero-order valence-electron chi connectivity index (χ0n) is 17.5. The predicted octanol–water partition coefficient (Wildman–Crippen LogP) is 2.59. The van der Waals surface area contributed by atoms with Gasteiger partial charge in [-0.1, -0.05) is 19.8 Å². The molecule has 8 nitrogen and oxygen atoms in total. The van der Waals surface area contributed by atoms with Gasteiger partial charge in [0.1, 0.15) is 11.3 Å². The number of aromatic nitrogens is 4. The van der Waals surface area contributed by atoms with Gasteiger partial charge >= 0.3 is 0 Å². The fourth-order valence-electron chi connectivity index (χ4n) is 4.50. The van der Waals surface area contributed by atoms with Crippen LogP contribution in [0.2, 0.25) is 0 Å². The van der Waals surface area contributed by atoms with Crippen molar-refractivity contribution in [2.75, 3.05) is 12.3 Å². The Hall–Kier alpha value is -3.16. The van der Waals surface area contributed by atoms with E-state index in [2.05, 4.69) is 39.2 Å². The van der Waals surface area contributed by atoms with Crippen molar-refractivity contribution in [1.82, 2.24) is 24.6 Å². The molecule has 3 aromatic heterocycles. The van der Waals surface area contributed by atoms with Gasteiger partial charge in [-0.3, -0.25) is 14.3 Å². The van der Waals surface area contributed by atoms with Crippen LogP contribution in [0.4, 0.5) is 5.69 Å². The molecule has 0 unspecified atom stereocenters. The summed E-state index contributed by atoms with van der Waals surface area (Å²) in [4.78, 5) is 29.5. The number of nitrogens with one attached hydrogen (secondary N) is 1. The molecule has 1 aliphatic carbocycles. The predicted molar refractivity (Wildman–Crippen MR) is 116 cm³/mol. The highest BCUT2D eigenvalue weighted by Gasteiger charge is 2.38. The number of carbonyl (C=O) groups excluding carboxylic acids is 1. The van der Waals surface area contributed by atoms with Crippen molar-refractivity contribution >= 4 is 22.6 Å². The number of pyridine rings is 1. The van der Waals surface area contributed by atoms with Crippen LogP contribution in [0, 0.1) is 6.92 Å². The summed E-state index contributed by atoms with van der Waals surface area (Å²) in [5.74, 6) is -0.479. The van der Waals surface area contributed by atoms with Crippen molar-refractivity contribution in [1.29, 1.82) is 0 Å². The SMILES string of the molecule is CCCNC(=O)c1nn(CC2(n3cc(C)c4cccnc43)CCCC2)cc(N)c1=O. The van der Waals surface area contributed by atoms with Crippen molar-refractivity contribution in [3.05, 3.63) is 52.2 Å². The molecule has 3 N–H and O–H groups in total. The number of hydrogen-bond donors (Lipinski definition) is 2. The quantitative estimate of drug-likeness (QED) is 0.652. The minimum absolute atomic E-state index is 0.0338. The summed E-state index contributed by atoms with van der Waals surface area (Å²) in [5.41, 5.74) is 7.22. The van der Waals surface area contributed by atoms with Crippen LogP contribution in [0.15, 0.2) is 35.5 Å². The van der Waals surface area contributed by atoms with Gasteiger partial charge in [0.15, 0.2) is 5.69 Å². The average Bonchev–Trinajstić information content (AvgIpc) is 3.34. The van der Waals surface area contributed by atoms with Crippen molar-refractivity contribution in [2.45, 2.75) is 58.0 Å². The van der Waals surface area contributed by atoms with Crippen LogP contribution in [0.3, 0.4) is 0 Å². The van der Waals surface area contributed by atoms with E-state index in [-0.39, 0.29) is 16.9 Å². The highest BCUT2D eigenvalue weighted by atomic mass is 16.2. The van der Waals surface area contributed by atoms with Gasteiger partial charge in [0.05, 0.1) is 18.3 Å². The molecule has 0 atom stereocenters. The molecule has 0 saturated heterocycles. The molecular weight excluding hydrogens is 380 g/mol. The van der Waals surface area contributed by atoms with Crippen LogP contribution in [0.1, 0.15) is 55.1 Å². The van der Waals surface area contributed by atoms with Gasteiger partial charge < -0.3 is 15.6 Å². The molecule has 1 amide bonds. The molecule has 3 aromatic rings. The number of hydrogen-bond acceptors (Lipinski definition) is 5. The molecule has 3 heterocycles. The van der Waals surface area contributed by atoms with Crippen LogP contribution < -0.4 is 16.5 Å². The minimum atomic E-state index is -0.524. The molecule has 1 fully saturated rings. The Morgan fingerprint density at radius 3 is 2.80 bits per heavy atom. The molecule has 158 valence electrons. The van der Waals surface area contributed by atoms with E-state index in [1.54, 1.807) is 10.9 Å². The van der Waals surface area contributed by atoms with Gasteiger partial charge in [-0.25, -0.2) is 4.98 Å². The summed E-state index contributed by atoms with van der Waals surface area (Å²) in [6.45, 7) is 5.05. The van der Waals surface area contributed by atoms with Gasteiger partial charge in [-0.15, -0.1) is 0 Å². The number of nitrogens with two attached hydrogens (primary N) is 1. The molecule has 0 aliphatic heterocycles. The monoisotopic (exact) mass is 408 g/mol. The Kier molecular flexibility index (Phi) is 5.32. The van der Waals surface area contributed by atoms with Crippen LogP contribution >= 0.6 is 0 Å². The average molecular weight is 409 g/mol. The molecule has 0 aromatic carbocycles. The first-order chi connectivity index (χ1) is 14.4. The maximum Gasteiger partial charge on any atom is 0.275 e. The molecule has 8 heteroatoms. The number of nitrogen functional groups attached to an aromatic ring is 1. The lowest BCUT2D eigenvalue weighted by Gasteiger charge is -2.32. The summed E-state index contributed by atoms with van der Waals surface area (Å²) in [6, 6.07) is 4.04. The third-order valence-electron chi connectivity index (χ3n) is 6.01. The van der Waals surface area contributed by atoms with E-state index >= 15 is 0 Å². The normalized spacial score (nSPS) is 15.5. The van der Waals surface area contributed by atoms with Crippen molar-refractivity contribution in [2.24, 2.45) is 0 Å². The Labute approximate surface area is 175 Å². The lowest BCUT2D eigenvalue weighted by molar-refractivity contribution is 0.0943. The van der Waals surface area contributed by atoms with Gasteiger partial charge in [-0.2, -0.15) is 5.10 Å². The molecule has 1 aliphatic rings. The van der Waals surface area contributed by atoms with E-state index in [4.69, 9.17) is 5.73 Å². The number of rotatable bonds is 6. The van der Waals surface area contributed by atoms with Crippen LogP contribution in [-0.4, -0.2) is 31.8 Å². The number of nitrogens with zero attached hydrogens (tertiary/aromatic N) is 4. The topological polar surface area (TPSA) is 108 Å². The first-order valence-corrected chi connectivity index (χ1v) is 10.5. The molecule has 30 heavy (non-hydrogen) atoms. The van der Waals surface area contributed by atoms with Crippen LogP contribution in [0.25, 0.3) is 11.0 Å². The van der Waals surface area contributed by atoms with Gasteiger partial charge in [0.2, 0.25) is 5.43 Å². The maximum absolute atomic E-state index is 12.4. The van der Waals surface area contributed by atoms with Crippen LogP contribution in [-0.2, 0) is 12.1 Å². The Balaban J connectivity index is 1.76. The largest absolute Gasteiger partial charge is 0.394 e. The number of fused-ring (bicyclic) bond motifs is 1. The van der Waals surface area contributed by atoms with Gasteiger partial charge in [0.25, 0.3) is 5.91 Å². The Morgan fingerprint density at radius 1 is 1.30 bits per heavy atom. The first kappa shape index (κ1) is 20.1. The molecular formula is C22H28N6O2. The van der Waals surface area contributed by atoms with E-state index in [0.717, 1.165) is 43.1 Å². The Morgan fingerprint density at radius 2 is 2.07 bits per heavy atom. The highest BCUT2D eigenvalue weighted by Crippen LogP contribution is 2.40. The van der Waals surface area contributed by atoms with Crippen molar-refractivity contribution in [3.8, 4) is 0 Å². The summed E-state index contributed by atoms with van der Waals surface area (Å²) in [7, 11) is 0. The first-order valence-electron chi connectivity index (χ1n) is 10.5. The standard InChI is InChI=1S/C22H28N6O2/c1-3-10-25-21(30)18-19(29)17(23)13-27(26-18)14-22(8-4-5-9-22)28-12-15(2)16-7-6-11-24-20(16)28/h6-7,11-13H,3-5,8-10,14,23H2,1-2H3,(H,25,30). The van der Waals surface area contributed by atoms with Crippen molar-refractivity contribution < 1.29 is 4.79 Å². The zero-order chi connectivity index (χ0) is 21.3. The Bertz CT molecular complexity index is 1140. The number of aryl methyl sites for hydroxylation is 1.